The summed E-state index contributed by atoms with van der Waals surface area (Å²) in [6.45, 7) is 3.20. The molecule has 1 aromatic carbocycles. The van der Waals surface area contributed by atoms with E-state index in [1.54, 1.807) is 7.11 Å². The zero-order valence-corrected chi connectivity index (χ0v) is 9.29. The number of hydrogen-bond acceptors (Lipinski definition) is 2. The van der Waals surface area contributed by atoms with Crippen LogP contribution in [0.5, 0.6) is 0 Å². The van der Waals surface area contributed by atoms with Crippen molar-refractivity contribution in [1.82, 2.24) is 5.32 Å². The second-order valence-electron chi connectivity index (χ2n) is 3.23. The predicted octanol–water partition coefficient (Wildman–Crippen LogP) is 1.99. The number of benzene rings is 1. The molecule has 1 unspecified atom stereocenters. The molecule has 0 aliphatic heterocycles. The summed E-state index contributed by atoms with van der Waals surface area (Å²) in [6, 6.07) is 10.5. The van der Waals surface area contributed by atoms with Gasteiger partial charge in [-0.3, -0.25) is 5.32 Å². The van der Waals surface area contributed by atoms with Gasteiger partial charge >= 0.3 is 0 Å². The van der Waals surface area contributed by atoms with Gasteiger partial charge in [-0.15, -0.1) is 5.92 Å². The fourth-order valence-electron chi connectivity index (χ4n) is 1.39. The lowest BCUT2D eigenvalue weighted by Gasteiger charge is -2.16. The van der Waals surface area contributed by atoms with Gasteiger partial charge < -0.3 is 4.74 Å². The summed E-state index contributed by atoms with van der Waals surface area (Å²) in [5.74, 6) is 5.85. The number of rotatable bonds is 5. The summed E-state index contributed by atoms with van der Waals surface area (Å²) >= 11 is 0. The minimum atomic E-state index is 0.219. The van der Waals surface area contributed by atoms with Crippen molar-refractivity contribution in [2.24, 2.45) is 0 Å². The lowest BCUT2D eigenvalue weighted by Crippen LogP contribution is -2.25. The van der Waals surface area contributed by atoms with Crippen molar-refractivity contribution in [3.8, 4) is 11.8 Å². The standard InChI is InChI=1S/C13H17NO/c1-3-4-10-14-13(11-15-2)12-8-6-5-7-9-12/h5-9,13-14H,10-11H2,1-2H3. The van der Waals surface area contributed by atoms with E-state index in [0.29, 0.717) is 13.2 Å². The lowest BCUT2D eigenvalue weighted by atomic mass is 10.1. The van der Waals surface area contributed by atoms with Gasteiger partial charge in [-0.05, 0) is 12.5 Å². The van der Waals surface area contributed by atoms with Crippen molar-refractivity contribution in [1.29, 1.82) is 0 Å². The number of hydrogen-bond donors (Lipinski definition) is 1. The largest absolute Gasteiger partial charge is 0.383 e. The number of nitrogens with one attached hydrogen (secondary N) is 1. The van der Waals surface area contributed by atoms with Crippen molar-refractivity contribution in [2.75, 3.05) is 20.3 Å². The van der Waals surface area contributed by atoms with E-state index in [0.717, 1.165) is 0 Å². The molecule has 0 bridgehead atoms. The van der Waals surface area contributed by atoms with Crippen molar-refractivity contribution < 1.29 is 4.74 Å². The van der Waals surface area contributed by atoms with Crippen LogP contribution in [-0.2, 0) is 4.74 Å². The Morgan fingerprint density at radius 3 is 2.67 bits per heavy atom. The zero-order chi connectivity index (χ0) is 10.9. The molecular weight excluding hydrogens is 186 g/mol. The van der Waals surface area contributed by atoms with E-state index in [-0.39, 0.29) is 6.04 Å². The molecule has 0 radical (unpaired) electrons. The van der Waals surface area contributed by atoms with E-state index in [1.807, 2.05) is 25.1 Å². The Balaban J connectivity index is 2.60. The van der Waals surface area contributed by atoms with E-state index >= 15 is 0 Å². The molecule has 0 heterocycles. The molecule has 0 saturated carbocycles. The Kier molecular flexibility index (Phi) is 5.54. The second kappa shape index (κ2) is 7.05. The summed E-state index contributed by atoms with van der Waals surface area (Å²) in [6.07, 6.45) is 0. The Morgan fingerprint density at radius 1 is 1.33 bits per heavy atom. The van der Waals surface area contributed by atoms with E-state index < -0.39 is 0 Å². The number of ether oxygens (including phenoxy) is 1. The Bertz CT molecular complexity index is 323. The molecule has 1 rings (SSSR count). The highest BCUT2D eigenvalue weighted by atomic mass is 16.5. The van der Waals surface area contributed by atoms with E-state index in [4.69, 9.17) is 4.74 Å². The van der Waals surface area contributed by atoms with Gasteiger partial charge in [0.1, 0.15) is 0 Å². The first-order valence-corrected chi connectivity index (χ1v) is 5.05. The van der Waals surface area contributed by atoms with Gasteiger partial charge in [0, 0.05) is 7.11 Å². The van der Waals surface area contributed by atoms with Crippen LogP contribution in [-0.4, -0.2) is 20.3 Å². The third-order valence-corrected chi connectivity index (χ3v) is 2.15. The van der Waals surface area contributed by atoms with E-state index in [1.165, 1.54) is 5.56 Å². The number of methoxy groups -OCH3 is 1. The van der Waals surface area contributed by atoms with Crippen molar-refractivity contribution in [2.45, 2.75) is 13.0 Å². The van der Waals surface area contributed by atoms with Gasteiger partial charge in [-0.1, -0.05) is 36.3 Å². The summed E-state index contributed by atoms with van der Waals surface area (Å²) in [5, 5.41) is 3.34. The Hall–Kier alpha value is -1.30. The van der Waals surface area contributed by atoms with Crippen LogP contribution in [0.4, 0.5) is 0 Å². The van der Waals surface area contributed by atoms with Crippen LogP contribution in [0.1, 0.15) is 18.5 Å². The Morgan fingerprint density at radius 2 is 2.07 bits per heavy atom. The Labute approximate surface area is 91.6 Å². The summed E-state index contributed by atoms with van der Waals surface area (Å²) in [4.78, 5) is 0. The zero-order valence-electron chi connectivity index (χ0n) is 9.29. The first kappa shape index (κ1) is 11.8. The normalized spacial score (nSPS) is 11.6. The van der Waals surface area contributed by atoms with Crippen LogP contribution >= 0.6 is 0 Å². The average molecular weight is 203 g/mol. The second-order valence-corrected chi connectivity index (χ2v) is 3.23. The van der Waals surface area contributed by atoms with Crippen LogP contribution in [0.25, 0.3) is 0 Å². The summed E-state index contributed by atoms with van der Waals surface area (Å²) in [7, 11) is 1.71. The smallest absolute Gasteiger partial charge is 0.0657 e. The summed E-state index contributed by atoms with van der Waals surface area (Å²) < 4.78 is 5.18. The molecular formula is C13H17NO. The minimum Gasteiger partial charge on any atom is -0.383 e. The minimum absolute atomic E-state index is 0.219. The van der Waals surface area contributed by atoms with Crippen molar-refractivity contribution in [3.05, 3.63) is 35.9 Å². The molecule has 0 aliphatic carbocycles. The molecule has 80 valence electrons. The maximum atomic E-state index is 5.18. The molecule has 0 spiro atoms. The molecule has 0 amide bonds. The third-order valence-electron chi connectivity index (χ3n) is 2.15. The molecule has 1 aromatic rings. The fourth-order valence-corrected chi connectivity index (χ4v) is 1.39. The van der Waals surface area contributed by atoms with Crippen LogP contribution in [0.15, 0.2) is 30.3 Å². The molecule has 2 nitrogen and oxygen atoms in total. The quantitative estimate of drug-likeness (QED) is 0.739. The maximum absolute atomic E-state index is 5.18. The highest BCUT2D eigenvalue weighted by Gasteiger charge is 2.08. The molecule has 15 heavy (non-hydrogen) atoms. The highest BCUT2D eigenvalue weighted by Crippen LogP contribution is 2.11. The van der Waals surface area contributed by atoms with Gasteiger partial charge in [0.25, 0.3) is 0 Å². The van der Waals surface area contributed by atoms with E-state index in [9.17, 15) is 0 Å². The highest BCUT2D eigenvalue weighted by molar-refractivity contribution is 5.19. The molecule has 1 N–H and O–H groups in total. The van der Waals surface area contributed by atoms with Gasteiger partial charge in [-0.25, -0.2) is 0 Å². The van der Waals surface area contributed by atoms with Crippen molar-refractivity contribution in [3.63, 3.8) is 0 Å². The van der Waals surface area contributed by atoms with Gasteiger partial charge in [0.15, 0.2) is 0 Å². The molecule has 0 fully saturated rings. The molecule has 0 aromatic heterocycles. The van der Waals surface area contributed by atoms with Gasteiger partial charge in [-0.2, -0.15) is 0 Å². The molecule has 0 aliphatic rings. The van der Waals surface area contributed by atoms with E-state index in [2.05, 4.69) is 29.3 Å². The van der Waals surface area contributed by atoms with Crippen LogP contribution in [0.2, 0.25) is 0 Å². The fraction of sp³-hybridized carbons (Fsp3) is 0.385. The lowest BCUT2D eigenvalue weighted by molar-refractivity contribution is 0.169. The topological polar surface area (TPSA) is 21.3 Å². The van der Waals surface area contributed by atoms with Gasteiger partial charge in [0.05, 0.1) is 19.2 Å². The predicted molar refractivity (Wildman–Crippen MR) is 62.5 cm³/mol. The molecule has 2 heteroatoms. The third kappa shape index (κ3) is 4.16. The monoisotopic (exact) mass is 203 g/mol. The SMILES string of the molecule is CC#CCNC(COC)c1ccccc1. The molecule has 1 atom stereocenters. The summed E-state index contributed by atoms with van der Waals surface area (Å²) in [5.41, 5.74) is 1.23. The average Bonchev–Trinajstić information content (AvgIpc) is 2.29. The van der Waals surface area contributed by atoms with Gasteiger partial charge in [0.2, 0.25) is 0 Å². The van der Waals surface area contributed by atoms with Crippen LogP contribution in [0.3, 0.4) is 0 Å². The first-order chi connectivity index (χ1) is 7.38. The maximum Gasteiger partial charge on any atom is 0.0657 e. The molecule has 0 saturated heterocycles. The van der Waals surface area contributed by atoms with Crippen molar-refractivity contribution >= 4 is 0 Å². The van der Waals surface area contributed by atoms with Crippen LogP contribution < -0.4 is 5.32 Å². The van der Waals surface area contributed by atoms with Crippen LogP contribution in [0, 0.1) is 11.8 Å². The first-order valence-electron chi connectivity index (χ1n) is 5.05.